The molecular weight excluding hydrogens is 214 g/mol. The van der Waals surface area contributed by atoms with Crippen molar-refractivity contribution >= 4 is 0 Å². The molecule has 1 aliphatic carbocycles. The minimum absolute atomic E-state index is 0.103. The number of phenolic OH excluding ortho intramolecular Hbond substituents is 2. The van der Waals surface area contributed by atoms with Crippen molar-refractivity contribution in [3.63, 3.8) is 0 Å². The van der Waals surface area contributed by atoms with Crippen molar-refractivity contribution in [1.29, 1.82) is 0 Å². The van der Waals surface area contributed by atoms with E-state index < -0.39 is 0 Å². The van der Waals surface area contributed by atoms with Gasteiger partial charge in [-0.1, -0.05) is 6.07 Å². The van der Waals surface area contributed by atoms with E-state index in [1.165, 1.54) is 19.3 Å². The number of hydrogen-bond donors (Lipinski definition) is 2. The minimum atomic E-state index is 0.103. The van der Waals surface area contributed by atoms with Crippen molar-refractivity contribution in [2.75, 3.05) is 6.54 Å². The van der Waals surface area contributed by atoms with Gasteiger partial charge in [0.2, 0.25) is 0 Å². The lowest BCUT2D eigenvalue weighted by Crippen LogP contribution is -2.34. The number of phenols is 2. The summed E-state index contributed by atoms with van der Waals surface area (Å²) in [5.74, 6) is 1.25. The third-order valence-corrected chi connectivity index (χ3v) is 4.43. The molecule has 0 amide bonds. The summed E-state index contributed by atoms with van der Waals surface area (Å²) in [5, 5.41) is 19.8. The maximum Gasteiger partial charge on any atom is 0.124 e. The van der Waals surface area contributed by atoms with Crippen molar-refractivity contribution in [3.05, 3.63) is 23.8 Å². The van der Waals surface area contributed by atoms with Gasteiger partial charge >= 0.3 is 0 Å². The Bertz CT molecular complexity index is 412. The van der Waals surface area contributed by atoms with Crippen LogP contribution >= 0.6 is 0 Å². The smallest absolute Gasteiger partial charge is 0.124 e. The topological polar surface area (TPSA) is 43.7 Å². The zero-order chi connectivity index (χ0) is 12.0. The normalized spacial score (nSPS) is 29.7. The largest absolute Gasteiger partial charge is 0.507 e. The Kier molecular flexibility index (Phi) is 2.51. The molecular formula is C14H19NO2. The van der Waals surface area contributed by atoms with E-state index >= 15 is 0 Å². The van der Waals surface area contributed by atoms with Crippen LogP contribution in [0, 0.1) is 5.92 Å². The Balaban J connectivity index is 1.89. The quantitative estimate of drug-likeness (QED) is 0.825. The summed E-state index contributed by atoms with van der Waals surface area (Å²) in [4.78, 5) is 2.43. The summed E-state index contributed by atoms with van der Waals surface area (Å²) < 4.78 is 0. The molecule has 3 unspecified atom stereocenters. The third kappa shape index (κ3) is 1.69. The molecule has 17 heavy (non-hydrogen) atoms. The number of nitrogens with zero attached hydrogens (tertiary/aromatic N) is 1. The molecule has 3 heteroatoms. The summed E-state index contributed by atoms with van der Waals surface area (Å²) in [5.41, 5.74) is 0.681. The summed E-state index contributed by atoms with van der Waals surface area (Å²) in [7, 11) is 0. The number of likely N-dealkylation sites (tertiary alicyclic amines) is 1. The standard InChI is InChI=1S/C14H19NO2/c1-9(14-12(16)3-2-4-13(14)17)15-8-10-5-6-11(15)7-10/h2-4,9-11,16-17H,5-8H2,1H3. The lowest BCUT2D eigenvalue weighted by atomic mass is 10.0. The maximum absolute atomic E-state index is 9.91. The Morgan fingerprint density at radius 2 is 1.94 bits per heavy atom. The van der Waals surface area contributed by atoms with Gasteiger partial charge in [0.1, 0.15) is 11.5 Å². The molecule has 0 radical (unpaired) electrons. The summed E-state index contributed by atoms with van der Waals surface area (Å²) in [6, 6.07) is 5.73. The number of benzene rings is 1. The van der Waals surface area contributed by atoms with E-state index in [9.17, 15) is 10.2 Å². The lowest BCUT2D eigenvalue weighted by molar-refractivity contribution is 0.155. The summed E-state index contributed by atoms with van der Waals surface area (Å²) in [6.07, 6.45) is 3.91. The fourth-order valence-corrected chi connectivity index (χ4v) is 3.57. The number of aromatic hydroxyl groups is 2. The van der Waals surface area contributed by atoms with Crippen LogP contribution in [0.3, 0.4) is 0 Å². The number of fused-ring (bicyclic) bond motifs is 2. The lowest BCUT2D eigenvalue weighted by Gasteiger charge is -2.33. The van der Waals surface area contributed by atoms with Gasteiger partial charge in [0.15, 0.2) is 0 Å². The molecule has 1 saturated carbocycles. The fraction of sp³-hybridized carbons (Fsp3) is 0.571. The van der Waals surface area contributed by atoms with E-state index in [1.54, 1.807) is 18.2 Å². The molecule has 0 spiro atoms. The molecule has 1 aliphatic heterocycles. The molecule has 3 atom stereocenters. The first-order valence-electron chi connectivity index (χ1n) is 6.43. The molecule has 2 aliphatic rings. The SMILES string of the molecule is CC(c1c(O)cccc1O)N1CC2CCC1C2. The second kappa shape index (κ2) is 3.91. The van der Waals surface area contributed by atoms with E-state index in [0.717, 1.165) is 12.5 Å². The highest BCUT2D eigenvalue weighted by molar-refractivity contribution is 5.45. The first kappa shape index (κ1) is 10.9. The Labute approximate surface area is 102 Å². The molecule has 3 rings (SSSR count). The Morgan fingerprint density at radius 1 is 1.24 bits per heavy atom. The molecule has 1 heterocycles. The van der Waals surface area contributed by atoms with E-state index in [1.807, 2.05) is 0 Å². The number of rotatable bonds is 2. The van der Waals surface area contributed by atoms with Crippen LogP contribution in [0.1, 0.15) is 37.8 Å². The van der Waals surface area contributed by atoms with Crippen molar-refractivity contribution in [2.45, 2.75) is 38.3 Å². The number of piperidine rings is 1. The highest BCUT2D eigenvalue weighted by Crippen LogP contribution is 2.45. The molecule has 2 fully saturated rings. The van der Waals surface area contributed by atoms with Crippen LogP contribution in [0.2, 0.25) is 0 Å². The molecule has 1 aromatic carbocycles. The van der Waals surface area contributed by atoms with Gasteiger partial charge in [-0.3, -0.25) is 4.90 Å². The van der Waals surface area contributed by atoms with Crippen LogP contribution in [-0.4, -0.2) is 27.7 Å². The molecule has 2 bridgehead atoms. The second-order valence-electron chi connectivity index (χ2n) is 5.42. The third-order valence-electron chi connectivity index (χ3n) is 4.43. The van der Waals surface area contributed by atoms with Crippen LogP contribution < -0.4 is 0 Å². The van der Waals surface area contributed by atoms with E-state index in [0.29, 0.717) is 11.6 Å². The minimum Gasteiger partial charge on any atom is -0.507 e. The van der Waals surface area contributed by atoms with Crippen LogP contribution in [0.5, 0.6) is 11.5 Å². The van der Waals surface area contributed by atoms with Gasteiger partial charge < -0.3 is 10.2 Å². The predicted octanol–water partition coefficient (Wildman–Crippen LogP) is 2.64. The van der Waals surface area contributed by atoms with Gasteiger partial charge in [-0.05, 0) is 44.2 Å². The van der Waals surface area contributed by atoms with Crippen molar-refractivity contribution in [2.24, 2.45) is 5.92 Å². The first-order chi connectivity index (χ1) is 8.16. The van der Waals surface area contributed by atoms with E-state index in [-0.39, 0.29) is 17.5 Å². The molecule has 92 valence electrons. The molecule has 1 aromatic rings. The highest BCUT2D eigenvalue weighted by atomic mass is 16.3. The molecule has 2 N–H and O–H groups in total. The molecule has 3 nitrogen and oxygen atoms in total. The maximum atomic E-state index is 9.91. The van der Waals surface area contributed by atoms with Crippen LogP contribution in [0.4, 0.5) is 0 Å². The average Bonchev–Trinajstić information content (AvgIpc) is 2.90. The van der Waals surface area contributed by atoms with Crippen LogP contribution in [-0.2, 0) is 0 Å². The van der Waals surface area contributed by atoms with Gasteiger partial charge in [-0.25, -0.2) is 0 Å². The van der Waals surface area contributed by atoms with Gasteiger partial charge in [0, 0.05) is 18.6 Å². The first-order valence-corrected chi connectivity index (χ1v) is 6.43. The van der Waals surface area contributed by atoms with E-state index in [4.69, 9.17) is 0 Å². The summed E-state index contributed by atoms with van der Waals surface area (Å²) in [6.45, 7) is 3.19. The van der Waals surface area contributed by atoms with E-state index in [2.05, 4.69) is 11.8 Å². The van der Waals surface area contributed by atoms with Gasteiger partial charge in [-0.15, -0.1) is 0 Å². The zero-order valence-corrected chi connectivity index (χ0v) is 10.1. The van der Waals surface area contributed by atoms with Crippen LogP contribution in [0.25, 0.3) is 0 Å². The van der Waals surface area contributed by atoms with Gasteiger partial charge in [0.05, 0.1) is 5.56 Å². The Hall–Kier alpha value is -1.22. The molecule has 0 aromatic heterocycles. The number of hydrogen-bond acceptors (Lipinski definition) is 3. The average molecular weight is 233 g/mol. The van der Waals surface area contributed by atoms with Crippen molar-refractivity contribution in [1.82, 2.24) is 4.90 Å². The van der Waals surface area contributed by atoms with Crippen molar-refractivity contribution < 1.29 is 10.2 Å². The molecule has 1 saturated heterocycles. The highest BCUT2D eigenvalue weighted by Gasteiger charge is 2.40. The summed E-state index contributed by atoms with van der Waals surface area (Å²) >= 11 is 0. The van der Waals surface area contributed by atoms with Gasteiger partial charge in [0.25, 0.3) is 0 Å². The second-order valence-corrected chi connectivity index (χ2v) is 5.42. The zero-order valence-electron chi connectivity index (χ0n) is 10.1. The Morgan fingerprint density at radius 3 is 2.47 bits per heavy atom. The van der Waals surface area contributed by atoms with Crippen LogP contribution in [0.15, 0.2) is 18.2 Å². The predicted molar refractivity (Wildman–Crippen MR) is 66.0 cm³/mol. The monoisotopic (exact) mass is 233 g/mol. The van der Waals surface area contributed by atoms with Crippen molar-refractivity contribution in [3.8, 4) is 11.5 Å². The van der Waals surface area contributed by atoms with Gasteiger partial charge in [-0.2, -0.15) is 0 Å². The fourth-order valence-electron chi connectivity index (χ4n) is 3.57.